The van der Waals surface area contributed by atoms with Crippen molar-refractivity contribution in [2.24, 2.45) is 0 Å². The highest BCUT2D eigenvalue weighted by Crippen LogP contribution is 2.22. The van der Waals surface area contributed by atoms with Crippen molar-refractivity contribution >= 4 is 18.3 Å². The summed E-state index contributed by atoms with van der Waals surface area (Å²) in [4.78, 5) is 16.3. The number of hydrogen-bond acceptors (Lipinski definition) is 4. The quantitative estimate of drug-likeness (QED) is 0.881. The van der Waals surface area contributed by atoms with Crippen LogP contribution in [-0.2, 0) is 4.79 Å². The summed E-state index contributed by atoms with van der Waals surface area (Å²) >= 11 is 0. The highest BCUT2D eigenvalue weighted by atomic mass is 35.5. The van der Waals surface area contributed by atoms with Gasteiger partial charge in [-0.05, 0) is 26.3 Å². The first-order chi connectivity index (χ1) is 10.7. The Bertz CT molecular complexity index is 624. The number of nitrogens with one attached hydrogen (secondary N) is 2. The van der Waals surface area contributed by atoms with E-state index in [0.29, 0.717) is 24.1 Å². The third-order valence-corrected chi connectivity index (χ3v) is 3.92. The van der Waals surface area contributed by atoms with Crippen LogP contribution >= 0.6 is 12.4 Å². The molecule has 2 aromatic rings. The molecule has 1 amide bonds. The Morgan fingerprint density at radius 1 is 1.43 bits per heavy atom. The molecule has 23 heavy (non-hydrogen) atoms. The van der Waals surface area contributed by atoms with Crippen LogP contribution in [0, 0.1) is 0 Å². The summed E-state index contributed by atoms with van der Waals surface area (Å²) in [5, 5.41) is 6.28. The van der Waals surface area contributed by atoms with Crippen molar-refractivity contribution in [3.05, 3.63) is 42.4 Å². The average molecular weight is 336 g/mol. The smallest absolute Gasteiger partial charge is 0.222 e. The minimum atomic E-state index is -0.230. The van der Waals surface area contributed by atoms with Gasteiger partial charge in [0.25, 0.3) is 0 Å². The lowest BCUT2D eigenvalue weighted by atomic mass is 10.1. The largest absolute Gasteiger partial charge is 0.438 e. The number of halogens is 1. The molecular formula is C17H22ClN3O2. The van der Waals surface area contributed by atoms with Gasteiger partial charge in [0.2, 0.25) is 11.8 Å². The fourth-order valence-corrected chi connectivity index (χ4v) is 2.74. The van der Waals surface area contributed by atoms with Crippen LogP contribution < -0.4 is 10.6 Å². The van der Waals surface area contributed by atoms with Crippen molar-refractivity contribution in [2.75, 3.05) is 6.54 Å². The molecule has 1 fully saturated rings. The van der Waals surface area contributed by atoms with E-state index in [2.05, 4.69) is 15.6 Å². The number of oxazole rings is 1. The van der Waals surface area contributed by atoms with Crippen LogP contribution in [0.1, 0.15) is 38.1 Å². The summed E-state index contributed by atoms with van der Waals surface area (Å²) in [7, 11) is 0. The number of rotatable bonds is 5. The maximum atomic E-state index is 12.0. The Kier molecular flexibility index (Phi) is 6.19. The molecule has 2 unspecified atom stereocenters. The van der Waals surface area contributed by atoms with Gasteiger partial charge in [-0.1, -0.05) is 30.3 Å². The maximum Gasteiger partial charge on any atom is 0.222 e. The lowest BCUT2D eigenvalue weighted by molar-refractivity contribution is -0.122. The zero-order chi connectivity index (χ0) is 15.4. The molecule has 2 N–H and O–H groups in total. The SMILES string of the molecule is CC(NC(=O)CC1CCCN1)c1ncc(-c2ccccc2)o1.Cl. The Labute approximate surface area is 142 Å². The maximum absolute atomic E-state index is 12.0. The number of aromatic nitrogens is 1. The molecule has 0 saturated carbocycles. The molecule has 124 valence electrons. The molecule has 5 nitrogen and oxygen atoms in total. The summed E-state index contributed by atoms with van der Waals surface area (Å²) < 4.78 is 5.76. The predicted molar refractivity (Wildman–Crippen MR) is 91.4 cm³/mol. The molecule has 1 aromatic heterocycles. The molecule has 0 radical (unpaired) electrons. The third kappa shape index (κ3) is 4.56. The van der Waals surface area contributed by atoms with Crippen LogP contribution in [0.5, 0.6) is 0 Å². The Morgan fingerprint density at radius 3 is 2.91 bits per heavy atom. The van der Waals surface area contributed by atoms with Gasteiger partial charge in [-0.2, -0.15) is 0 Å². The molecule has 0 aliphatic carbocycles. The van der Waals surface area contributed by atoms with Gasteiger partial charge in [-0.25, -0.2) is 4.98 Å². The molecule has 1 aliphatic rings. The highest BCUT2D eigenvalue weighted by molar-refractivity contribution is 5.85. The first-order valence-electron chi connectivity index (χ1n) is 7.76. The molecule has 3 rings (SSSR count). The second-order valence-electron chi connectivity index (χ2n) is 5.72. The van der Waals surface area contributed by atoms with E-state index in [1.807, 2.05) is 37.3 Å². The third-order valence-electron chi connectivity index (χ3n) is 3.92. The van der Waals surface area contributed by atoms with E-state index >= 15 is 0 Å². The van der Waals surface area contributed by atoms with Crippen molar-refractivity contribution in [1.82, 2.24) is 15.6 Å². The molecule has 6 heteroatoms. The number of hydrogen-bond donors (Lipinski definition) is 2. The fraction of sp³-hybridized carbons (Fsp3) is 0.412. The molecule has 0 bridgehead atoms. The van der Waals surface area contributed by atoms with E-state index in [1.54, 1.807) is 6.20 Å². The molecule has 1 saturated heterocycles. The fourth-order valence-electron chi connectivity index (χ4n) is 2.74. The van der Waals surface area contributed by atoms with Crippen LogP contribution in [0.2, 0.25) is 0 Å². The van der Waals surface area contributed by atoms with Crippen LogP contribution in [0.15, 0.2) is 40.9 Å². The van der Waals surface area contributed by atoms with Gasteiger partial charge in [0, 0.05) is 18.0 Å². The summed E-state index contributed by atoms with van der Waals surface area (Å²) in [5.74, 6) is 1.28. The van der Waals surface area contributed by atoms with Gasteiger partial charge in [-0.15, -0.1) is 12.4 Å². The van der Waals surface area contributed by atoms with Crippen LogP contribution in [0.3, 0.4) is 0 Å². The molecule has 1 aliphatic heterocycles. The minimum absolute atomic E-state index is 0. The Balaban J connectivity index is 0.00000192. The number of nitrogens with zero attached hydrogens (tertiary/aromatic N) is 1. The van der Waals surface area contributed by atoms with E-state index < -0.39 is 0 Å². The van der Waals surface area contributed by atoms with Gasteiger partial charge < -0.3 is 15.1 Å². The van der Waals surface area contributed by atoms with Crippen molar-refractivity contribution in [3.8, 4) is 11.3 Å². The molecular weight excluding hydrogens is 314 g/mol. The lowest BCUT2D eigenvalue weighted by Crippen LogP contribution is -2.33. The second kappa shape index (κ2) is 8.13. The number of benzene rings is 1. The van der Waals surface area contributed by atoms with Crippen LogP contribution in [0.25, 0.3) is 11.3 Å². The second-order valence-corrected chi connectivity index (χ2v) is 5.72. The topological polar surface area (TPSA) is 67.2 Å². The minimum Gasteiger partial charge on any atom is -0.438 e. The number of amides is 1. The van der Waals surface area contributed by atoms with Crippen LogP contribution in [0.4, 0.5) is 0 Å². The van der Waals surface area contributed by atoms with Gasteiger partial charge in [0.05, 0.1) is 6.20 Å². The van der Waals surface area contributed by atoms with Crippen molar-refractivity contribution in [2.45, 2.75) is 38.3 Å². The predicted octanol–water partition coefficient (Wildman–Crippen LogP) is 3.08. The first kappa shape index (κ1) is 17.5. The van der Waals surface area contributed by atoms with Crippen molar-refractivity contribution < 1.29 is 9.21 Å². The van der Waals surface area contributed by atoms with Gasteiger partial charge in [-0.3, -0.25) is 4.79 Å². The summed E-state index contributed by atoms with van der Waals surface area (Å²) in [6.45, 7) is 2.90. The van der Waals surface area contributed by atoms with Gasteiger partial charge in [0.15, 0.2) is 5.76 Å². The zero-order valence-corrected chi connectivity index (χ0v) is 13.9. The van der Waals surface area contributed by atoms with E-state index in [4.69, 9.17) is 4.42 Å². The molecule has 2 heterocycles. The lowest BCUT2D eigenvalue weighted by Gasteiger charge is -2.13. The van der Waals surface area contributed by atoms with E-state index in [-0.39, 0.29) is 24.4 Å². The zero-order valence-electron chi connectivity index (χ0n) is 13.1. The molecule has 0 spiro atoms. The first-order valence-corrected chi connectivity index (χ1v) is 7.76. The van der Waals surface area contributed by atoms with Crippen LogP contribution in [-0.4, -0.2) is 23.5 Å². The summed E-state index contributed by atoms with van der Waals surface area (Å²) in [6.07, 6.45) is 4.43. The van der Waals surface area contributed by atoms with Crippen molar-refractivity contribution in [1.29, 1.82) is 0 Å². The monoisotopic (exact) mass is 335 g/mol. The number of carbonyl (C=O) groups is 1. The molecule has 1 aromatic carbocycles. The van der Waals surface area contributed by atoms with Crippen molar-refractivity contribution in [3.63, 3.8) is 0 Å². The van der Waals surface area contributed by atoms with Gasteiger partial charge >= 0.3 is 0 Å². The Hall–Kier alpha value is -1.85. The summed E-state index contributed by atoms with van der Waals surface area (Å²) in [5.41, 5.74) is 0.981. The Morgan fingerprint density at radius 2 is 2.22 bits per heavy atom. The summed E-state index contributed by atoms with van der Waals surface area (Å²) in [6, 6.07) is 9.89. The van der Waals surface area contributed by atoms with E-state index in [0.717, 1.165) is 24.9 Å². The standard InChI is InChI=1S/C17H21N3O2.ClH/c1-12(20-16(21)10-14-8-5-9-18-14)17-19-11-15(22-17)13-6-3-2-4-7-13;/h2-4,6-7,11-12,14,18H,5,8-10H2,1H3,(H,20,21);1H. The number of carbonyl (C=O) groups excluding carboxylic acids is 1. The highest BCUT2D eigenvalue weighted by Gasteiger charge is 2.20. The average Bonchev–Trinajstić information content (AvgIpc) is 3.19. The van der Waals surface area contributed by atoms with Gasteiger partial charge in [0.1, 0.15) is 6.04 Å². The molecule has 2 atom stereocenters. The van der Waals surface area contributed by atoms with E-state index in [1.165, 1.54) is 0 Å². The normalized spacial score (nSPS) is 18.2. The van der Waals surface area contributed by atoms with E-state index in [9.17, 15) is 4.79 Å².